The molecule has 4 heteroatoms. The predicted molar refractivity (Wildman–Crippen MR) is 102 cm³/mol. The number of amides is 1. The Balaban J connectivity index is 1.96. The summed E-state index contributed by atoms with van der Waals surface area (Å²) in [6.07, 6.45) is 1.04. The number of hydrogen-bond acceptors (Lipinski definition) is 2. The highest BCUT2D eigenvalue weighted by atomic mass is 16.5. The van der Waals surface area contributed by atoms with Gasteiger partial charge in [0.2, 0.25) is 0 Å². The topological polar surface area (TPSA) is 54.9 Å². The molecule has 0 aliphatic carbocycles. The molecule has 3 N–H and O–H groups in total. The molecule has 1 atom stereocenters. The van der Waals surface area contributed by atoms with Crippen LogP contribution in [0.1, 0.15) is 37.9 Å². The first-order valence-corrected chi connectivity index (χ1v) is 8.89. The Kier molecular flexibility index (Phi) is 7.02. The minimum Gasteiger partial charge on any atom is -0.497 e. The van der Waals surface area contributed by atoms with Gasteiger partial charge in [0.25, 0.3) is 5.91 Å². The summed E-state index contributed by atoms with van der Waals surface area (Å²) in [7, 11) is 1.62. The Morgan fingerprint density at radius 1 is 1.16 bits per heavy atom. The number of quaternary nitrogens is 1. The van der Waals surface area contributed by atoms with Gasteiger partial charge in [-0.15, -0.1) is 0 Å². The molecule has 25 heavy (non-hydrogen) atoms. The zero-order valence-corrected chi connectivity index (χ0v) is 15.6. The zero-order valence-electron chi connectivity index (χ0n) is 15.6. The van der Waals surface area contributed by atoms with Crippen molar-refractivity contribution in [1.82, 2.24) is 0 Å². The first-order valence-electron chi connectivity index (χ1n) is 8.89. The second-order valence-electron chi connectivity index (χ2n) is 6.58. The highest BCUT2D eigenvalue weighted by Crippen LogP contribution is 2.19. The number of rotatable bonds is 8. The molecule has 0 aliphatic rings. The smallest absolute Gasteiger partial charge is 0.279 e. The average molecular weight is 341 g/mol. The quantitative estimate of drug-likeness (QED) is 0.775. The molecular formula is C21H29N2O2+. The molecule has 0 aromatic heterocycles. The second kappa shape index (κ2) is 9.23. The van der Waals surface area contributed by atoms with Crippen molar-refractivity contribution in [2.24, 2.45) is 5.92 Å². The molecule has 0 saturated heterocycles. The number of carbonyl (C=O) groups is 1. The van der Waals surface area contributed by atoms with Crippen molar-refractivity contribution in [1.29, 1.82) is 0 Å². The van der Waals surface area contributed by atoms with Gasteiger partial charge in [-0.2, -0.15) is 0 Å². The third kappa shape index (κ3) is 5.61. The molecule has 0 heterocycles. The van der Waals surface area contributed by atoms with Crippen molar-refractivity contribution in [3.63, 3.8) is 0 Å². The number of methoxy groups -OCH3 is 1. The maximum atomic E-state index is 12.3. The Labute approximate surface area is 150 Å². The number of benzene rings is 2. The van der Waals surface area contributed by atoms with Gasteiger partial charge in [0.05, 0.1) is 7.11 Å². The zero-order chi connectivity index (χ0) is 18.2. The van der Waals surface area contributed by atoms with E-state index in [-0.39, 0.29) is 11.9 Å². The highest BCUT2D eigenvalue weighted by Gasteiger charge is 2.20. The molecule has 0 saturated carbocycles. The lowest BCUT2D eigenvalue weighted by Gasteiger charge is -2.20. The fourth-order valence-electron chi connectivity index (χ4n) is 2.92. The van der Waals surface area contributed by atoms with Crippen LogP contribution in [0, 0.1) is 5.92 Å². The molecule has 0 fully saturated rings. The first-order chi connectivity index (χ1) is 12.0. The van der Waals surface area contributed by atoms with Crippen molar-refractivity contribution in [3.8, 4) is 5.75 Å². The summed E-state index contributed by atoms with van der Waals surface area (Å²) >= 11 is 0. The van der Waals surface area contributed by atoms with Crippen molar-refractivity contribution >= 4 is 11.6 Å². The molecule has 0 aliphatic heterocycles. The van der Waals surface area contributed by atoms with E-state index in [9.17, 15) is 4.79 Å². The summed E-state index contributed by atoms with van der Waals surface area (Å²) in [5.41, 5.74) is 3.36. The number of carbonyl (C=O) groups excluding carboxylic acids is 1. The van der Waals surface area contributed by atoms with Gasteiger partial charge in [-0.05, 0) is 24.1 Å². The standard InChI is InChI=1S/C21H28N2O2/c1-5-16-9-11-17(12-10-16)21(15(2)3)22-14-20(24)23-18-7-6-8-19(13-18)25-4/h6-13,15,21-22H,5,14H2,1-4H3,(H,23,24)/p+1/t21-/m0/s1. The van der Waals surface area contributed by atoms with Gasteiger partial charge in [0.15, 0.2) is 6.54 Å². The van der Waals surface area contributed by atoms with Crippen LogP contribution in [-0.4, -0.2) is 19.6 Å². The van der Waals surface area contributed by atoms with Gasteiger partial charge >= 0.3 is 0 Å². The monoisotopic (exact) mass is 341 g/mol. The lowest BCUT2D eigenvalue weighted by Crippen LogP contribution is -2.88. The van der Waals surface area contributed by atoms with E-state index in [1.54, 1.807) is 7.11 Å². The molecule has 4 nitrogen and oxygen atoms in total. The SMILES string of the molecule is CCc1ccc([C@@H]([NH2+]CC(=O)Nc2cccc(OC)c2)C(C)C)cc1. The van der Waals surface area contributed by atoms with E-state index in [1.165, 1.54) is 11.1 Å². The van der Waals surface area contributed by atoms with E-state index >= 15 is 0 Å². The molecule has 134 valence electrons. The van der Waals surface area contributed by atoms with Gasteiger partial charge in [-0.1, -0.05) is 51.1 Å². The fraction of sp³-hybridized carbons (Fsp3) is 0.381. The van der Waals surface area contributed by atoms with Crippen molar-refractivity contribution < 1.29 is 14.8 Å². The van der Waals surface area contributed by atoms with Crippen LogP contribution in [0.3, 0.4) is 0 Å². The van der Waals surface area contributed by atoms with Gasteiger partial charge in [0, 0.05) is 23.2 Å². The molecule has 2 rings (SSSR count). The Morgan fingerprint density at radius 2 is 1.88 bits per heavy atom. The van der Waals surface area contributed by atoms with Gasteiger partial charge in [0.1, 0.15) is 11.8 Å². The van der Waals surface area contributed by atoms with Crippen LogP contribution in [0.15, 0.2) is 48.5 Å². The summed E-state index contributed by atoms with van der Waals surface area (Å²) in [6.45, 7) is 6.92. The molecule has 2 aromatic rings. The minimum absolute atomic E-state index is 0.0101. The molecule has 0 radical (unpaired) electrons. The van der Waals surface area contributed by atoms with E-state index in [1.807, 2.05) is 24.3 Å². The minimum atomic E-state index is -0.0101. The van der Waals surface area contributed by atoms with Crippen molar-refractivity contribution in [2.75, 3.05) is 19.0 Å². The van der Waals surface area contributed by atoms with E-state index < -0.39 is 0 Å². The Morgan fingerprint density at radius 3 is 2.48 bits per heavy atom. The maximum absolute atomic E-state index is 12.3. The molecule has 0 unspecified atom stereocenters. The van der Waals surface area contributed by atoms with E-state index in [2.05, 4.69) is 55.7 Å². The van der Waals surface area contributed by atoms with E-state index in [0.717, 1.165) is 17.9 Å². The van der Waals surface area contributed by atoms with Crippen LogP contribution in [-0.2, 0) is 11.2 Å². The lowest BCUT2D eigenvalue weighted by molar-refractivity contribution is -0.692. The van der Waals surface area contributed by atoms with Gasteiger partial charge in [-0.3, -0.25) is 4.79 Å². The molecule has 1 amide bonds. The predicted octanol–water partition coefficient (Wildman–Crippen LogP) is 3.16. The molecular weight excluding hydrogens is 312 g/mol. The van der Waals surface area contributed by atoms with Crippen LogP contribution >= 0.6 is 0 Å². The largest absolute Gasteiger partial charge is 0.497 e. The third-order valence-corrected chi connectivity index (χ3v) is 4.40. The molecule has 0 bridgehead atoms. The number of ether oxygens (including phenoxy) is 1. The first kappa shape index (κ1) is 19.0. The third-order valence-electron chi connectivity index (χ3n) is 4.40. The molecule has 2 aromatic carbocycles. The van der Waals surface area contributed by atoms with Crippen LogP contribution in [0.25, 0.3) is 0 Å². The number of nitrogens with one attached hydrogen (secondary N) is 1. The van der Waals surface area contributed by atoms with E-state index in [4.69, 9.17) is 4.74 Å². The summed E-state index contributed by atoms with van der Waals surface area (Å²) in [5.74, 6) is 1.17. The van der Waals surface area contributed by atoms with Crippen molar-refractivity contribution in [2.45, 2.75) is 33.2 Å². The Bertz CT molecular complexity index is 681. The number of hydrogen-bond donors (Lipinski definition) is 2. The van der Waals surface area contributed by atoms with Gasteiger partial charge < -0.3 is 15.4 Å². The summed E-state index contributed by atoms with van der Waals surface area (Å²) in [4.78, 5) is 12.3. The normalized spacial score (nSPS) is 12.0. The molecule has 0 spiro atoms. The van der Waals surface area contributed by atoms with Crippen LogP contribution in [0.5, 0.6) is 5.75 Å². The average Bonchev–Trinajstić information content (AvgIpc) is 2.62. The second-order valence-corrected chi connectivity index (χ2v) is 6.58. The van der Waals surface area contributed by atoms with Gasteiger partial charge in [-0.25, -0.2) is 0 Å². The summed E-state index contributed by atoms with van der Waals surface area (Å²) in [5, 5.41) is 5.04. The number of anilines is 1. The maximum Gasteiger partial charge on any atom is 0.279 e. The fourth-order valence-corrected chi connectivity index (χ4v) is 2.92. The highest BCUT2D eigenvalue weighted by molar-refractivity contribution is 5.91. The van der Waals surface area contributed by atoms with Crippen LogP contribution < -0.4 is 15.4 Å². The number of aryl methyl sites for hydroxylation is 1. The van der Waals surface area contributed by atoms with Crippen molar-refractivity contribution in [3.05, 3.63) is 59.7 Å². The summed E-state index contributed by atoms with van der Waals surface area (Å²) < 4.78 is 5.18. The van der Waals surface area contributed by atoms with Crippen LogP contribution in [0.4, 0.5) is 5.69 Å². The summed E-state index contributed by atoms with van der Waals surface area (Å²) in [6, 6.07) is 16.4. The van der Waals surface area contributed by atoms with Crippen LogP contribution in [0.2, 0.25) is 0 Å². The number of nitrogens with two attached hydrogens (primary N) is 1. The lowest BCUT2D eigenvalue weighted by atomic mass is 9.95. The Hall–Kier alpha value is -2.33. The van der Waals surface area contributed by atoms with E-state index in [0.29, 0.717) is 12.5 Å².